The molecule has 4 fully saturated rings. The molecule has 1 aromatic rings. The summed E-state index contributed by atoms with van der Waals surface area (Å²) < 4.78 is 17.5. The fourth-order valence-corrected chi connectivity index (χ4v) is 7.62. The SMILES string of the molecule is O=C(O)C1O[C@@H](Oc2ccc3c4c2O[C@H]2C(=O)CC[C@@]5(O)[C@@H](C3)N(CC3CC3)CC[C@]425)[C@@H](O)[C@@H](O)[C@H]1O. The van der Waals surface area contributed by atoms with Crippen LogP contribution in [0.1, 0.15) is 43.2 Å². The number of hydrogen-bond acceptors (Lipinski definition) is 10. The summed E-state index contributed by atoms with van der Waals surface area (Å²) in [5, 5.41) is 52.4. The molecule has 9 atom stereocenters. The van der Waals surface area contributed by atoms with Crippen molar-refractivity contribution >= 4 is 11.8 Å². The molecule has 200 valence electrons. The molecule has 5 N–H and O–H groups in total. The molecule has 1 unspecified atom stereocenters. The summed E-state index contributed by atoms with van der Waals surface area (Å²) in [6.07, 6.45) is -5.51. The Morgan fingerprint density at radius 1 is 1.14 bits per heavy atom. The molecule has 2 saturated heterocycles. The lowest BCUT2D eigenvalue weighted by Crippen LogP contribution is -2.76. The molecule has 0 amide bonds. The number of carbonyl (C=O) groups excluding carboxylic acids is 1. The number of aliphatic hydroxyl groups is 4. The largest absolute Gasteiger partial charge is 0.479 e. The number of rotatable bonds is 5. The van der Waals surface area contributed by atoms with Gasteiger partial charge in [0.25, 0.3) is 0 Å². The van der Waals surface area contributed by atoms with Gasteiger partial charge in [-0.15, -0.1) is 0 Å². The highest BCUT2D eigenvalue weighted by Crippen LogP contribution is 2.65. The number of benzene rings is 1. The first-order chi connectivity index (χ1) is 17.7. The predicted molar refractivity (Wildman–Crippen MR) is 123 cm³/mol. The molecule has 7 rings (SSSR count). The topological polar surface area (TPSA) is 166 Å². The number of carboxylic acid groups (broad SMARTS) is 1. The third kappa shape index (κ3) is 3.09. The van der Waals surface area contributed by atoms with E-state index in [0.29, 0.717) is 25.2 Å². The maximum atomic E-state index is 13.2. The van der Waals surface area contributed by atoms with E-state index in [-0.39, 0.29) is 29.7 Å². The molecule has 3 heterocycles. The Balaban J connectivity index is 1.29. The number of piperidine rings is 1. The van der Waals surface area contributed by atoms with Crippen molar-refractivity contribution in [3.63, 3.8) is 0 Å². The van der Waals surface area contributed by atoms with E-state index in [0.717, 1.165) is 24.2 Å². The molecule has 11 nitrogen and oxygen atoms in total. The second-order valence-electron chi connectivity index (χ2n) is 11.5. The van der Waals surface area contributed by atoms with E-state index in [9.17, 15) is 35.1 Å². The van der Waals surface area contributed by atoms with E-state index in [1.165, 1.54) is 12.8 Å². The Labute approximate surface area is 212 Å². The van der Waals surface area contributed by atoms with Crippen molar-refractivity contribution in [1.29, 1.82) is 0 Å². The Morgan fingerprint density at radius 2 is 1.92 bits per heavy atom. The summed E-state index contributed by atoms with van der Waals surface area (Å²) in [5.41, 5.74) is -0.349. The molecule has 37 heavy (non-hydrogen) atoms. The van der Waals surface area contributed by atoms with E-state index in [4.69, 9.17) is 14.2 Å². The highest BCUT2D eigenvalue weighted by molar-refractivity contribution is 5.90. The van der Waals surface area contributed by atoms with Gasteiger partial charge in [-0.3, -0.25) is 9.69 Å². The van der Waals surface area contributed by atoms with Crippen LogP contribution in [0.2, 0.25) is 0 Å². The smallest absolute Gasteiger partial charge is 0.335 e. The van der Waals surface area contributed by atoms with Crippen LogP contribution >= 0.6 is 0 Å². The van der Waals surface area contributed by atoms with Crippen molar-refractivity contribution in [2.45, 2.75) is 92.4 Å². The number of ether oxygens (including phenoxy) is 3. The van der Waals surface area contributed by atoms with Crippen LogP contribution in [0, 0.1) is 5.92 Å². The number of Topliss-reactive ketones (excluding diaryl/α,β-unsaturated/α-hetero) is 1. The average molecular weight is 518 g/mol. The highest BCUT2D eigenvalue weighted by Gasteiger charge is 2.73. The van der Waals surface area contributed by atoms with E-state index >= 15 is 0 Å². The van der Waals surface area contributed by atoms with Crippen LogP contribution in [0.5, 0.6) is 11.5 Å². The zero-order chi connectivity index (χ0) is 25.9. The van der Waals surface area contributed by atoms with Crippen LogP contribution in [-0.2, 0) is 26.2 Å². The van der Waals surface area contributed by atoms with Gasteiger partial charge in [0.2, 0.25) is 6.29 Å². The van der Waals surface area contributed by atoms with Crippen LogP contribution in [0.25, 0.3) is 0 Å². The normalized spacial score (nSPS) is 44.2. The Morgan fingerprint density at radius 3 is 2.65 bits per heavy atom. The highest BCUT2D eigenvalue weighted by atomic mass is 16.7. The molecular weight excluding hydrogens is 486 g/mol. The van der Waals surface area contributed by atoms with E-state index in [1.54, 1.807) is 6.07 Å². The lowest BCUT2D eigenvalue weighted by atomic mass is 9.49. The van der Waals surface area contributed by atoms with Crippen molar-refractivity contribution in [3.8, 4) is 11.5 Å². The van der Waals surface area contributed by atoms with Gasteiger partial charge in [-0.05, 0) is 56.2 Å². The maximum absolute atomic E-state index is 13.2. The second-order valence-corrected chi connectivity index (χ2v) is 11.5. The molecular formula is C26H31NO10. The second kappa shape index (κ2) is 7.87. The quantitative estimate of drug-likeness (QED) is 0.328. The Bertz CT molecular complexity index is 1170. The number of nitrogens with zero attached hydrogens (tertiary/aromatic N) is 1. The van der Waals surface area contributed by atoms with E-state index < -0.39 is 53.8 Å². The maximum Gasteiger partial charge on any atom is 0.335 e. The number of aliphatic hydroxyl groups excluding tert-OH is 3. The fraction of sp³-hybridized carbons (Fsp3) is 0.692. The molecule has 0 radical (unpaired) electrons. The lowest BCUT2D eigenvalue weighted by Gasteiger charge is -2.62. The van der Waals surface area contributed by atoms with Gasteiger partial charge < -0.3 is 39.7 Å². The zero-order valence-electron chi connectivity index (χ0n) is 20.2. The zero-order valence-corrected chi connectivity index (χ0v) is 20.2. The summed E-state index contributed by atoms with van der Waals surface area (Å²) in [6.45, 7) is 1.69. The summed E-state index contributed by atoms with van der Waals surface area (Å²) in [4.78, 5) is 27.1. The Hall–Kier alpha value is -2.28. The van der Waals surface area contributed by atoms with Gasteiger partial charge in [0.15, 0.2) is 29.5 Å². The minimum Gasteiger partial charge on any atom is -0.479 e. The van der Waals surface area contributed by atoms with Crippen molar-refractivity contribution in [3.05, 3.63) is 23.3 Å². The lowest BCUT2D eigenvalue weighted by molar-refractivity contribution is -0.271. The number of likely N-dealkylation sites (tertiary alicyclic amines) is 1. The summed E-state index contributed by atoms with van der Waals surface area (Å²) in [6, 6.07) is 3.37. The van der Waals surface area contributed by atoms with Crippen LogP contribution in [0.15, 0.2) is 12.1 Å². The van der Waals surface area contributed by atoms with Crippen LogP contribution in [-0.4, -0.2) is 104 Å². The van der Waals surface area contributed by atoms with Crippen LogP contribution in [0.4, 0.5) is 0 Å². The predicted octanol–water partition coefficient (Wildman–Crippen LogP) is -0.909. The first kappa shape index (κ1) is 23.8. The monoisotopic (exact) mass is 517 g/mol. The van der Waals surface area contributed by atoms with Gasteiger partial charge in [-0.2, -0.15) is 0 Å². The van der Waals surface area contributed by atoms with Gasteiger partial charge in [0, 0.05) is 24.6 Å². The summed E-state index contributed by atoms with van der Waals surface area (Å²) in [7, 11) is 0. The molecule has 3 aliphatic carbocycles. The number of ketones is 1. The number of aliphatic carboxylic acids is 1. The van der Waals surface area contributed by atoms with E-state index in [1.807, 2.05) is 6.07 Å². The van der Waals surface area contributed by atoms with Gasteiger partial charge in [0.05, 0.1) is 11.0 Å². The summed E-state index contributed by atoms with van der Waals surface area (Å²) >= 11 is 0. The molecule has 6 aliphatic rings. The molecule has 2 bridgehead atoms. The fourth-order valence-electron chi connectivity index (χ4n) is 7.62. The molecule has 1 aromatic carbocycles. The van der Waals surface area contributed by atoms with E-state index in [2.05, 4.69) is 4.90 Å². The summed E-state index contributed by atoms with van der Waals surface area (Å²) in [5.74, 6) is -0.520. The number of hydrogen-bond donors (Lipinski definition) is 5. The van der Waals surface area contributed by atoms with Gasteiger partial charge >= 0.3 is 5.97 Å². The third-order valence-corrected chi connectivity index (χ3v) is 9.60. The molecule has 1 spiro atoms. The minimum absolute atomic E-state index is 0.0764. The van der Waals surface area contributed by atoms with Gasteiger partial charge in [-0.1, -0.05) is 6.07 Å². The minimum atomic E-state index is -1.84. The molecule has 2 saturated carbocycles. The molecule has 0 aromatic heterocycles. The van der Waals surface area contributed by atoms with Gasteiger partial charge in [0.1, 0.15) is 18.3 Å². The van der Waals surface area contributed by atoms with Crippen molar-refractivity contribution in [2.75, 3.05) is 13.1 Å². The first-order valence-electron chi connectivity index (χ1n) is 13.1. The average Bonchev–Trinajstić information content (AvgIpc) is 3.61. The number of carbonyl (C=O) groups is 2. The van der Waals surface area contributed by atoms with Crippen molar-refractivity contribution in [2.24, 2.45) is 5.92 Å². The van der Waals surface area contributed by atoms with Crippen molar-refractivity contribution in [1.82, 2.24) is 4.90 Å². The van der Waals surface area contributed by atoms with Gasteiger partial charge in [-0.25, -0.2) is 4.79 Å². The third-order valence-electron chi connectivity index (χ3n) is 9.60. The molecule has 11 heteroatoms. The van der Waals surface area contributed by atoms with Crippen LogP contribution < -0.4 is 9.47 Å². The standard InChI is InChI=1S/C26H31NO10/c28-13-5-6-26(34)15-9-12-3-4-14(35-24-19(31)17(29)18(30)21(37-24)23(32)33)20-16(12)25(26,22(13)36-20)7-8-27(15)10-11-1-2-11/h3-4,11,15,17-19,21-22,24,29-31,34H,1-2,5-10H2,(H,32,33)/t15-,17+,18-,19+,21?,22+,24-,25+,26-/m1/s1. The Kier molecular flexibility index (Phi) is 5.07. The molecule has 3 aliphatic heterocycles. The van der Waals surface area contributed by atoms with Crippen molar-refractivity contribution < 1.29 is 49.3 Å². The number of carboxylic acids is 1. The first-order valence-corrected chi connectivity index (χ1v) is 13.1. The van der Waals surface area contributed by atoms with Crippen LogP contribution in [0.3, 0.4) is 0 Å².